The van der Waals surface area contributed by atoms with Gasteiger partial charge in [-0.05, 0) is 24.3 Å². The first-order valence-corrected chi connectivity index (χ1v) is 10.2. The summed E-state index contributed by atoms with van der Waals surface area (Å²) in [5.41, 5.74) is 3.68. The van der Waals surface area contributed by atoms with E-state index in [1.54, 1.807) is 11.3 Å². The summed E-state index contributed by atoms with van der Waals surface area (Å²) in [6, 6.07) is 19.0. The van der Waals surface area contributed by atoms with Crippen LogP contribution in [0.3, 0.4) is 0 Å². The molecule has 0 bridgehead atoms. The van der Waals surface area contributed by atoms with Crippen LogP contribution in [0.2, 0.25) is 0 Å². The van der Waals surface area contributed by atoms with Crippen LogP contribution in [-0.4, -0.2) is 36.1 Å². The first kappa shape index (κ1) is 16.8. The first-order chi connectivity index (χ1) is 12.3. The average molecular weight is 414 g/mol. The van der Waals surface area contributed by atoms with E-state index in [0.29, 0.717) is 0 Å². The summed E-state index contributed by atoms with van der Waals surface area (Å²) in [7, 11) is 0. The maximum Gasteiger partial charge on any atom is 0.123 e. The van der Waals surface area contributed by atoms with Gasteiger partial charge >= 0.3 is 0 Å². The van der Waals surface area contributed by atoms with E-state index in [2.05, 4.69) is 79.6 Å². The van der Waals surface area contributed by atoms with Gasteiger partial charge in [0.05, 0.1) is 5.69 Å². The summed E-state index contributed by atoms with van der Waals surface area (Å²) in [5.74, 6) is 0. The predicted octanol–water partition coefficient (Wildman–Crippen LogP) is 4.89. The van der Waals surface area contributed by atoms with Gasteiger partial charge in [-0.1, -0.05) is 46.3 Å². The molecular formula is C20H20BrN3S. The van der Waals surface area contributed by atoms with Crippen molar-refractivity contribution in [3.63, 3.8) is 0 Å². The highest BCUT2D eigenvalue weighted by Gasteiger charge is 2.18. The summed E-state index contributed by atoms with van der Waals surface area (Å²) in [6.07, 6.45) is 0. The number of hydrogen-bond acceptors (Lipinski definition) is 4. The monoisotopic (exact) mass is 413 g/mol. The summed E-state index contributed by atoms with van der Waals surface area (Å²) < 4.78 is 1.10. The zero-order valence-electron chi connectivity index (χ0n) is 13.9. The van der Waals surface area contributed by atoms with Crippen molar-refractivity contribution in [3.8, 4) is 10.6 Å². The summed E-state index contributed by atoms with van der Waals surface area (Å²) in [5, 5.41) is 3.29. The number of halogens is 1. The summed E-state index contributed by atoms with van der Waals surface area (Å²) >= 11 is 5.26. The number of thiazole rings is 1. The Bertz CT molecular complexity index is 826. The van der Waals surface area contributed by atoms with Crippen molar-refractivity contribution in [3.05, 3.63) is 70.1 Å². The van der Waals surface area contributed by atoms with Crippen molar-refractivity contribution in [1.82, 2.24) is 9.88 Å². The van der Waals surface area contributed by atoms with Crippen LogP contribution in [0.15, 0.2) is 64.5 Å². The Hall–Kier alpha value is -1.69. The van der Waals surface area contributed by atoms with Crippen LogP contribution in [0, 0.1) is 0 Å². The Balaban J connectivity index is 1.36. The first-order valence-electron chi connectivity index (χ1n) is 8.51. The molecule has 2 aromatic carbocycles. The molecule has 0 aliphatic carbocycles. The molecule has 5 heteroatoms. The third-order valence-electron chi connectivity index (χ3n) is 4.50. The van der Waals surface area contributed by atoms with Crippen LogP contribution in [0.1, 0.15) is 5.69 Å². The highest BCUT2D eigenvalue weighted by atomic mass is 79.9. The van der Waals surface area contributed by atoms with Gasteiger partial charge in [0.15, 0.2) is 0 Å². The highest BCUT2D eigenvalue weighted by Crippen LogP contribution is 2.27. The maximum atomic E-state index is 4.84. The third kappa shape index (κ3) is 4.11. The van der Waals surface area contributed by atoms with Gasteiger partial charge in [-0.2, -0.15) is 0 Å². The minimum atomic E-state index is 0.938. The molecule has 0 radical (unpaired) electrons. The molecule has 1 saturated heterocycles. The zero-order chi connectivity index (χ0) is 17.1. The van der Waals surface area contributed by atoms with Gasteiger partial charge in [-0.15, -0.1) is 11.3 Å². The van der Waals surface area contributed by atoms with E-state index >= 15 is 0 Å². The van der Waals surface area contributed by atoms with Gasteiger partial charge in [0.2, 0.25) is 0 Å². The quantitative estimate of drug-likeness (QED) is 0.606. The van der Waals surface area contributed by atoms with Gasteiger partial charge < -0.3 is 4.90 Å². The number of hydrogen-bond donors (Lipinski definition) is 0. The van der Waals surface area contributed by atoms with Crippen molar-refractivity contribution in [2.24, 2.45) is 0 Å². The minimum absolute atomic E-state index is 0.938. The lowest BCUT2D eigenvalue weighted by atomic mass is 10.2. The normalized spacial score (nSPS) is 15.5. The highest BCUT2D eigenvalue weighted by molar-refractivity contribution is 9.10. The molecule has 0 amide bonds. The van der Waals surface area contributed by atoms with Crippen LogP contribution in [0.4, 0.5) is 5.69 Å². The van der Waals surface area contributed by atoms with Crippen molar-refractivity contribution < 1.29 is 0 Å². The van der Waals surface area contributed by atoms with E-state index in [1.807, 2.05) is 6.07 Å². The molecule has 0 unspecified atom stereocenters. The SMILES string of the molecule is Brc1cccc(-c2nc(CN3CCN(c4ccccc4)CC3)cs2)c1. The minimum Gasteiger partial charge on any atom is -0.369 e. The number of para-hydroxylation sites is 1. The van der Waals surface area contributed by atoms with Crippen LogP contribution in [-0.2, 0) is 6.54 Å². The molecule has 3 aromatic rings. The Morgan fingerprint density at radius 1 is 0.960 bits per heavy atom. The van der Waals surface area contributed by atoms with E-state index < -0.39 is 0 Å². The van der Waals surface area contributed by atoms with E-state index in [0.717, 1.165) is 42.2 Å². The van der Waals surface area contributed by atoms with Crippen LogP contribution in [0.25, 0.3) is 10.6 Å². The van der Waals surface area contributed by atoms with E-state index in [9.17, 15) is 0 Å². The largest absolute Gasteiger partial charge is 0.369 e. The maximum absolute atomic E-state index is 4.84. The molecule has 2 heterocycles. The fourth-order valence-corrected chi connectivity index (χ4v) is 4.37. The molecule has 0 saturated carbocycles. The third-order valence-corrected chi connectivity index (χ3v) is 5.94. The second kappa shape index (κ2) is 7.68. The number of anilines is 1. The van der Waals surface area contributed by atoms with Crippen molar-refractivity contribution in [1.29, 1.82) is 0 Å². The standard InChI is InChI=1S/C20H20BrN3S/c21-17-6-4-5-16(13-17)20-22-18(15-25-20)14-23-9-11-24(12-10-23)19-7-2-1-3-8-19/h1-8,13,15H,9-12,14H2. The smallest absolute Gasteiger partial charge is 0.123 e. The van der Waals surface area contributed by atoms with Crippen molar-refractivity contribution in [2.75, 3.05) is 31.1 Å². The van der Waals surface area contributed by atoms with Gasteiger partial charge in [-0.25, -0.2) is 4.98 Å². The number of benzene rings is 2. The van der Waals surface area contributed by atoms with E-state index in [-0.39, 0.29) is 0 Å². The number of nitrogens with zero attached hydrogens (tertiary/aromatic N) is 3. The molecular weight excluding hydrogens is 394 g/mol. The average Bonchev–Trinajstić information content (AvgIpc) is 3.12. The van der Waals surface area contributed by atoms with Gasteiger partial charge in [0.1, 0.15) is 5.01 Å². The second-order valence-electron chi connectivity index (χ2n) is 6.25. The predicted molar refractivity (Wildman–Crippen MR) is 109 cm³/mol. The summed E-state index contributed by atoms with van der Waals surface area (Å²) in [4.78, 5) is 9.80. The molecule has 0 atom stereocenters. The summed E-state index contributed by atoms with van der Waals surface area (Å²) in [6.45, 7) is 5.25. The second-order valence-corrected chi connectivity index (χ2v) is 8.03. The van der Waals surface area contributed by atoms with Crippen molar-refractivity contribution >= 4 is 33.0 Å². The lowest BCUT2D eigenvalue weighted by molar-refractivity contribution is 0.247. The molecule has 1 fully saturated rings. The van der Waals surface area contributed by atoms with E-state index in [1.165, 1.54) is 16.9 Å². The molecule has 3 nitrogen and oxygen atoms in total. The number of aromatic nitrogens is 1. The molecule has 0 spiro atoms. The molecule has 1 aliphatic rings. The van der Waals surface area contributed by atoms with E-state index in [4.69, 9.17) is 4.98 Å². The Morgan fingerprint density at radius 2 is 1.76 bits per heavy atom. The zero-order valence-corrected chi connectivity index (χ0v) is 16.3. The van der Waals surface area contributed by atoms with Gasteiger partial charge in [0.25, 0.3) is 0 Å². The topological polar surface area (TPSA) is 19.4 Å². The fourth-order valence-electron chi connectivity index (χ4n) is 3.17. The Labute approximate surface area is 161 Å². The number of rotatable bonds is 4. The van der Waals surface area contributed by atoms with Crippen LogP contribution >= 0.6 is 27.3 Å². The molecule has 4 rings (SSSR count). The molecule has 25 heavy (non-hydrogen) atoms. The number of piperazine rings is 1. The van der Waals surface area contributed by atoms with Gasteiger partial charge in [0, 0.05) is 53.8 Å². The molecule has 0 N–H and O–H groups in total. The van der Waals surface area contributed by atoms with Crippen LogP contribution < -0.4 is 4.90 Å². The molecule has 1 aliphatic heterocycles. The van der Waals surface area contributed by atoms with Crippen molar-refractivity contribution in [2.45, 2.75) is 6.54 Å². The molecule has 1 aromatic heterocycles. The van der Waals surface area contributed by atoms with Crippen LogP contribution in [0.5, 0.6) is 0 Å². The fraction of sp³-hybridized carbons (Fsp3) is 0.250. The lowest BCUT2D eigenvalue weighted by Gasteiger charge is -2.35. The van der Waals surface area contributed by atoms with Gasteiger partial charge in [-0.3, -0.25) is 4.90 Å². The Kier molecular flexibility index (Phi) is 5.15. The molecule has 128 valence electrons. The Morgan fingerprint density at radius 3 is 2.52 bits per heavy atom. The lowest BCUT2D eigenvalue weighted by Crippen LogP contribution is -2.46.